The molecule has 0 saturated carbocycles. The summed E-state index contributed by atoms with van der Waals surface area (Å²) in [5.41, 5.74) is 3.74. The first-order valence-electron chi connectivity index (χ1n) is 7.19. The minimum atomic E-state index is 0.135. The molecule has 3 nitrogen and oxygen atoms in total. The average Bonchev–Trinajstić information content (AvgIpc) is 2.80. The van der Waals surface area contributed by atoms with Crippen LogP contribution in [-0.4, -0.2) is 16.3 Å². The fraction of sp³-hybridized carbons (Fsp3) is 0.167. The lowest BCUT2D eigenvalue weighted by molar-refractivity contribution is 0.457. The van der Waals surface area contributed by atoms with Gasteiger partial charge in [-0.15, -0.1) is 0 Å². The molecule has 0 amide bonds. The Morgan fingerprint density at radius 2 is 1.86 bits per heavy atom. The van der Waals surface area contributed by atoms with Crippen LogP contribution >= 0.6 is 15.9 Å². The van der Waals surface area contributed by atoms with E-state index in [1.54, 1.807) is 6.21 Å². The molecular weight excluding hydrogens is 340 g/mol. The number of H-pyrrole nitrogens is 1. The SMILES string of the molecule is CC(C)c1ccc(N=Cc2c(O)[nH]c3ccc(Br)cc23)cc1. The molecule has 0 aliphatic heterocycles. The van der Waals surface area contributed by atoms with Gasteiger partial charge in [-0.3, -0.25) is 4.99 Å². The third kappa shape index (κ3) is 2.92. The summed E-state index contributed by atoms with van der Waals surface area (Å²) >= 11 is 3.45. The molecule has 0 radical (unpaired) electrons. The summed E-state index contributed by atoms with van der Waals surface area (Å²) in [6.07, 6.45) is 1.70. The molecule has 0 aliphatic rings. The summed E-state index contributed by atoms with van der Waals surface area (Å²) < 4.78 is 0.968. The van der Waals surface area contributed by atoms with Crippen LogP contribution in [0.25, 0.3) is 10.9 Å². The van der Waals surface area contributed by atoms with Gasteiger partial charge in [0.2, 0.25) is 0 Å². The van der Waals surface area contributed by atoms with Crippen LogP contribution in [0.3, 0.4) is 0 Å². The van der Waals surface area contributed by atoms with E-state index in [1.807, 2.05) is 30.3 Å². The van der Waals surface area contributed by atoms with E-state index in [-0.39, 0.29) is 5.88 Å². The van der Waals surface area contributed by atoms with E-state index in [0.29, 0.717) is 11.5 Å². The van der Waals surface area contributed by atoms with Crippen molar-refractivity contribution < 1.29 is 5.11 Å². The maximum Gasteiger partial charge on any atom is 0.198 e. The normalized spacial score (nSPS) is 11.8. The molecular formula is C18H17BrN2O. The maximum atomic E-state index is 10.1. The molecule has 0 atom stereocenters. The number of hydrogen-bond donors (Lipinski definition) is 2. The summed E-state index contributed by atoms with van der Waals surface area (Å²) in [6.45, 7) is 4.33. The number of nitrogens with one attached hydrogen (secondary N) is 1. The van der Waals surface area contributed by atoms with Crippen molar-refractivity contribution in [1.29, 1.82) is 0 Å². The minimum Gasteiger partial charge on any atom is -0.494 e. The van der Waals surface area contributed by atoms with Crippen LogP contribution in [0.5, 0.6) is 5.88 Å². The van der Waals surface area contributed by atoms with E-state index in [9.17, 15) is 5.11 Å². The van der Waals surface area contributed by atoms with Crippen LogP contribution in [-0.2, 0) is 0 Å². The van der Waals surface area contributed by atoms with Gasteiger partial charge in [-0.05, 0) is 41.8 Å². The van der Waals surface area contributed by atoms with Crippen LogP contribution in [0, 0.1) is 0 Å². The number of aromatic amines is 1. The summed E-state index contributed by atoms with van der Waals surface area (Å²) in [5.74, 6) is 0.642. The van der Waals surface area contributed by atoms with Crippen molar-refractivity contribution in [1.82, 2.24) is 4.98 Å². The molecule has 0 aliphatic carbocycles. The number of hydrogen-bond acceptors (Lipinski definition) is 2. The quantitative estimate of drug-likeness (QED) is 0.597. The lowest BCUT2D eigenvalue weighted by atomic mass is 10.0. The van der Waals surface area contributed by atoms with Gasteiger partial charge in [0.1, 0.15) is 0 Å². The van der Waals surface area contributed by atoms with Crippen molar-refractivity contribution >= 4 is 38.7 Å². The molecule has 3 aromatic rings. The minimum absolute atomic E-state index is 0.135. The van der Waals surface area contributed by atoms with Gasteiger partial charge in [0.15, 0.2) is 5.88 Å². The average molecular weight is 357 g/mol. The molecule has 3 rings (SSSR count). The Hall–Kier alpha value is -2.07. The smallest absolute Gasteiger partial charge is 0.198 e. The number of aromatic nitrogens is 1. The molecule has 0 unspecified atom stereocenters. The van der Waals surface area contributed by atoms with Gasteiger partial charge >= 0.3 is 0 Å². The van der Waals surface area contributed by atoms with E-state index in [2.05, 4.69) is 51.9 Å². The monoisotopic (exact) mass is 356 g/mol. The molecule has 0 fully saturated rings. The first-order valence-corrected chi connectivity index (χ1v) is 7.98. The summed E-state index contributed by atoms with van der Waals surface area (Å²) in [4.78, 5) is 7.43. The largest absolute Gasteiger partial charge is 0.494 e. The van der Waals surface area contributed by atoms with Crippen LogP contribution in [0.15, 0.2) is 51.9 Å². The molecule has 112 valence electrons. The van der Waals surface area contributed by atoms with E-state index in [1.165, 1.54) is 5.56 Å². The third-order valence-electron chi connectivity index (χ3n) is 3.68. The highest BCUT2D eigenvalue weighted by Crippen LogP contribution is 2.29. The lowest BCUT2D eigenvalue weighted by Gasteiger charge is -2.04. The fourth-order valence-electron chi connectivity index (χ4n) is 2.39. The molecule has 2 N–H and O–H groups in total. The second-order valence-electron chi connectivity index (χ2n) is 5.58. The summed E-state index contributed by atoms with van der Waals surface area (Å²) in [6, 6.07) is 14.0. The lowest BCUT2D eigenvalue weighted by Crippen LogP contribution is -1.85. The van der Waals surface area contributed by atoms with Gasteiger partial charge in [0.05, 0.1) is 11.3 Å². The van der Waals surface area contributed by atoms with Gasteiger partial charge in [0, 0.05) is 21.6 Å². The number of aliphatic imine (C=N–C) groups is 1. The maximum absolute atomic E-state index is 10.1. The standard InChI is InChI=1S/C18H17BrN2O/c1-11(2)12-3-6-14(7-4-12)20-10-16-15-9-13(19)5-8-17(15)21-18(16)22/h3-11,21-22H,1-2H3. The Bertz CT molecular complexity index is 832. The molecule has 1 aromatic heterocycles. The number of fused-ring (bicyclic) bond motifs is 1. The van der Waals surface area contributed by atoms with Gasteiger partial charge in [-0.1, -0.05) is 41.9 Å². The van der Waals surface area contributed by atoms with Gasteiger partial charge in [0.25, 0.3) is 0 Å². The second-order valence-corrected chi connectivity index (χ2v) is 6.50. The van der Waals surface area contributed by atoms with Crippen molar-refractivity contribution in [2.75, 3.05) is 0 Å². The Balaban J connectivity index is 1.95. The fourth-order valence-corrected chi connectivity index (χ4v) is 2.75. The van der Waals surface area contributed by atoms with Crippen LogP contribution in [0.2, 0.25) is 0 Å². The zero-order chi connectivity index (χ0) is 15.7. The van der Waals surface area contributed by atoms with E-state index in [0.717, 1.165) is 21.1 Å². The van der Waals surface area contributed by atoms with Crippen molar-refractivity contribution in [3.05, 3.63) is 58.1 Å². The van der Waals surface area contributed by atoms with Crippen LogP contribution in [0.4, 0.5) is 5.69 Å². The molecule has 4 heteroatoms. The molecule has 0 spiro atoms. The van der Waals surface area contributed by atoms with E-state index < -0.39 is 0 Å². The first-order chi connectivity index (χ1) is 10.5. The number of nitrogens with zero attached hydrogens (tertiary/aromatic N) is 1. The van der Waals surface area contributed by atoms with Crippen molar-refractivity contribution in [3.63, 3.8) is 0 Å². The Labute approximate surface area is 137 Å². The first kappa shape index (κ1) is 14.9. The summed E-state index contributed by atoms with van der Waals surface area (Å²) in [5, 5.41) is 11.0. The topological polar surface area (TPSA) is 48.4 Å². The third-order valence-corrected chi connectivity index (χ3v) is 4.18. The van der Waals surface area contributed by atoms with Gasteiger partial charge in [-0.2, -0.15) is 0 Å². The number of rotatable bonds is 3. The highest BCUT2D eigenvalue weighted by molar-refractivity contribution is 9.10. The Morgan fingerprint density at radius 3 is 2.55 bits per heavy atom. The van der Waals surface area contributed by atoms with Crippen LogP contribution in [0.1, 0.15) is 30.9 Å². The number of aromatic hydroxyl groups is 1. The van der Waals surface area contributed by atoms with Gasteiger partial charge in [-0.25, -0.2) is 0 Å². The molecule has 1 heterocycles. The number of benzene rings is 2. The van der Waals surface area contributed by atoms with Gasteiger partial charge < -0.3 is 10.1 Å². The predicted molar refractivity (Wildman–Crippen MR) is 95.4 cm³/mol. The number of halogens is 1. The highest BCUT2D eigenvalue weighted by atomic mass is 79.9. The molecule has 2 aromatic carbocycles. The second kappa shape index (κ2) is 5.97. The molecule has 0 saturated heterocycles. The highest BCUT2D eigenvalue weighted by Gasteiger charge is 2.09. The van der Waals surface area contributed by atoms with Crippen molar-refractivity contribution in [2.24, 2.45) is 4.99 Å². The van der Waals surface area contributed by atoms with Crippen molar-refractivity contribution in [3.8, 4) is 5.88 Å². The zero-order valence-electron chi connectivity index (χ0n) is 12.5. The Morgan fingerprint density at radius 1 is 1.14 bits per heavy atom. The van der Waals surface area contributed by atoms with Crippen LogP contribution < -0.4 is 0 Å². The van der Waals surface area contributed by atoms with Crippen molar-refractivity contribution in [2.45, 2.75) is 19.8 Å². The summed E-state index contributed by atoms with van der Waals surface area (Å²) in [7, 11) is 0. The van der Waals surface area contributed by atoms with E-state index in [4.69, 9.17) is 0 Å². The van der Waals surface area contributed by atoms with E-state index >= 15 is 0 Å². The zero-order valence-corrected chi connectivity index (χ0v) is 14.1. The Kier molecular flexibility index (Phi) is 4.03. The predicted octanol–water partition coefficient (Wildman–Crippen LogP) is 5.51. The molecule has 0 bridgehead atoms. The molecule has 22 heavy (non-hydrogen) atoms.